The van der Waals surface area contributed by atoms with Crippen molar-refractivity contribution in [3.63, 3.8) is 0 Å². The summed E-state index contributed by atoms with van der Waals surface area (Å²) in [6, 6.07) is 3.96. The van der Waals surface area contributed by atoms with E-state index in [1.165, 1.54) is 11.3 Å². The van der Waals surface area contributed by atoms with Crippen molar-refractivity contribution in [1.82, 2.24) is 0 Å². The largest absolute Gasteiger partial charge is 0.274 e. The van der Waals surface area contributed by atoms with Crippen molar-refractivity contribution in [3.8, 4) is 0 Å². The summed E-state index contributed by atoms with van der Waals surface area (Å²) in [5.41, 5.74) is 2.75. The van der Waals surface area contributed by atoms with Crippen LogP contribution >= 0.6 is 15.9 Å². The molecule has 6 rings (SSSR count). The molecule has 0 aromatic heterocycles. The number of aryl methyl sites for hydroxylation is 2. The van der Waals surface area contributed by atoms with E-state index < -0.39 is 0 Å². The number of carbonyl (C=O) groups is 2. The maximum absolute atomic E-state index is 13.2. The van der Waals surface area contributed by atoms with Crippen LogP contribution in [0.2, 0.25) is 0 Å². The number of anilines is 1. The van der Waals surface area contributed by atoms with Crippen molar-refractivity contribution in [2.75, 3.05) is 4.90 Å². The van der Waals surface area contributed by atoms with Gasteiger partial charge in [0.1, 0.15) is 0 Å². The summed E-state index contributed by atoms with van der Waals surface area (Å²) in [7, 11) is 0. The van der Waals surface area contributed by atoms with Crippen LogP contribution in [-0.4, -0.2) is 11.8 Å². The number of rotatable bonds is 1. The number of benzene rings is 1. The van der Waals surface area contributed by atoms with Gasteiger partial charge in [0.25, 0.3) is 0 Å². The van der Waals surface area contributed by atoms with Gasteiger partial charge < -0.3 is 0 Å². The highest BCUT2D eigenvalue weighted by molar-refractivity contribution is 9.10. The molecular weight excluding hydrogens is 354 g/mol. The number of hydrogen-bond donors (Lipinski definition) is 0. The Labute approximate surface area is 143 Å². The zero-order valence-corrected chi connectivity index (χ0v) is 14.7. The molecule has 23 heavy (non-hydrogen) atoms. The normalized spacial score (nSPS) is 39.7. The fourth-order valence-electron chi connectivity index (χ4n) is 5.43. The molecule has 118 valence electrons. The maximum atomic E-state index is 13.2. The van der Waals surface area contributed by atoms with E-state index >= 15 is 0 Å². The Morgan fingerprint density at radius 3 is 1.91 bits per heavy atom. The van der Waals surface area contributed by atoms with E-state index in [9.17, 15) is 9.59 Å². The number of hydrogen-bond acceptors (Lipinski definition) is 2. The molecule has 1 aromatic carbocycles. The number of carbonyl (C=O) groups excluding carboxylic acids is 2. The van der Waals surface area contributed by atoms with Crippen molar-refractivity contribution >= 4 is 33.4 Å². The van der Waals surface area contributed by atoms with E-state index in [2.05, 4.69) is 28.1 Å². The monoisotopic (exact) mass is 371 g/mol. The van der Waals surface area contributed by atoms with Crippen LogP contribution < -0.4 is 4.90 Å². The standard InChI is InChI=1S/C19H18BrNO2/c1-8-5-10(20)6-9(2)17(8)21-18(22)15-11-3-4-12(14-7-13(11)14)16(15)19(21)23/h3-6,11-16H,7H2,1-2H3/t11-,12-,13-,14+,15+,16-/m1/s1. The predicted molar refractivity (Wildman–Crippen MR) is 90.8 cm³/mol. The van der Waals surface area contributed by atoms with Crippen LogP contribution in [0.1, 0.15) is 17.5 Å². The van der Waals surface area contributed by atoms with Gasteiger partial charge >= 0.3 is 0 Å². The van der Waals surface area contributed by atoms with Gasteiger partial charge in [-0.2, -0.15) is 0 Å². The second kappa shape index (κ2) is 4.35. The average molecular weight is 372 g/mol. The van der Waals surface area contributed by atoms with Crippen LogP contribution in [-0.2, 0) is 9.59 Å². The summed E-state index contributed by atoms with van der Waals surface area (Å²) in [5, 5.41) is 0. The third kappa shape index (κ3) is 1.65. The van der Waals surface area contributed by atoms with Gasteiger partial charge in [0.2, 0.25) is 11.8 Å². The van der Waals surface area contributed by atoms with Gasteiger partial charge in [0.05, 0.1) is 17.5 Å². The van der Waals surface area contributed by atoms with E-state index in [-0.39, 0.29) is 35.5 Å². The third-order valence-electron chi connectivity index (χ3n) is 6.34. The van der Waals surface area contributed by atoms with Crippen molar-refractivity contribution in [2.24, 2.45) is 35.5 Å². The lowest BCUT2D eigenvalue weighted by atomic mass is 9.63. The van der Waals surface area contributed by atoms with E-state index in [4.69, 9.17) is 0 Å². The third-order valence-corrected chi connectivity index (χ3v) is 6.80. The minimum atomic E-state index is -0.122. The molecule has 3 nitrogen and oxygen atoms in total. The van der Waals surface area contributed by atoms with Crippen molar-refractivity contribution in [3.05, 3.63) is 39.9 Å². The highest BCUT2D eigenvalue weighted by atomic mass is 79.9. The fraction of sp³-hybridized carbons (Fsp3) is 0.474. The molecule has 0 unspecified atom stereocenters. The summed E-state index contributed by atoms with van der Waals surface area (Å²) in [6.07, 6.45) is 5.64. The summed E-state index contributed by atoms with van der Waals surface area (Å²) in [4.78, 5) is 27.8. The van der Waals surface area contributed by atoms with Crippen LogP contribution in [0.4, 0.5) is 5.69 Å². The van der Waals surface area contributed by atoms with Gasteiger partial charge in [-0.05, 0) is 67.2 Å². The molecule has 2 amide bonds. The minimum absolute atomic E-state index is 0.0261. The van der Waals surface area contributed by atoms with Gasteiger partial charge in [-0.25, -0.2) is 4.90 Å². The van der Waals surface area contributed by atoms with Gasteiger partial charge in [-0.15, -0.1) is 0 Å². The lowest BCUT2D eigenvalue weighted by Crippen LogP contribution is -2.40. The molecule has 1 aliphatic heterocycles. The number of nitrogens with zero attached hydrogens (tertiary/aromatic N) is 1. The Bertz CT molecular complexity index is 740. The van der Waals surface area contributed by atoms with Gasteiger partial charge in [-0.3, -0.25) is 9.59 Å². The quantitative estimate of drug-likeness (QED) is 0.558. The topological polar surface area (TPSA) is 37.4 Å². The summed E-state index contributed by atoms with van der Waals surface area (Å²) >= 11 is 3.49. The molecule has 0 radical (unpaired) electrons. The molecule has 1 saturated heterocycles. The smallest absolute Gasteiger partial charge is 0.238 e. The highest BCUT2D eigenvalue weighted by Gasteiger charge is 2.67. The maximum Gasteiger partial charge on any atom is 0.238 e. The Kier molecular flexibility index (Phi) is 2.64. The molecule has 1 aromatic rings. The van der Waals surface area contributed by atoms with Crippen LogP contribution in [0, 0.1) is 49.4 Å². The molecule has 1 heterocycles. The molecule has 2 saturated carbocycles. The number of halogens is 1. The van der Waals surface area contributed by atoms with Crippen molar-refractivity contribution in [2.45, 2.75) is 20.3 Å². The zero-order valence-electron chi connectivity index (χ0n) is 13.1. The van der Waals surface area contributed by atoms with Crippen molar-refractivity contribution < 1.29 is 9.59 Å². The average Bonchev–Trinajstić information content (AvgIpc) is 3.26. The first-order valence-corrected chi connectivity index (χ1v) is 9.11. The fourth-order valence-corrected chi connectivity index (χ4v) is 6.12. The second-order valence-electron chi connectivity index (χ2n) is 7.55. The molecule has 5 aliphatic rings. The predicted octanol–water partition coefficient (Wildman–Crippen LogP) is 3.62. The van der Waals surface area contributed by atoms with Crippen LogP contribution in [0.25, 0.3) is 0 Å². The number of amides is 2. The molecular formula is C19H18BrNO2. The molecule has 4 heteroatoms. The Hall–Kier alpha value is -1.42. The number of allylic oxidation sites excluding steroid dienone is 2. The van der Waals surface area contributed by atoms with Gasteiger partial charge in [0, 0.05) is 4.47 Å². The summed E-state index contributed by atoms with van der Waals surface area (Å²) in [5.74, 6) is 1.67. The SMILES string of the molecule is Cc1cc(Br)cc(C)c1N1C(=O)[C@@H]2[C@@H]3C=C[C@H]([C@H]4C[C@@H]34)[C@@H]2C1=O. The first-order chi connectivity index (χ1) is 11.0. The Balaban J connectivity index is 1.63. The Morgan fingerprint density at radius 1 is 0.957 bits per heavy atom. The van der Waals surface area contributed by atoms with Crippen LogP contribution in [0.3, 0.4) is 0 Å². The molecule has 0 N–H and O–H groups in total. The lowest BCUT2D eigenvalue weighted by Gasteiger charge is -2.37. The first-order valence-electron chi connectivity index (χ1n) is 8.32. The van der Waals surface area contributed by atoms with E-state index in [1.54, 1.807) is 0 Å². The summed E-state index contributed by atoms with van der Waals surface area (Å²) < 4.78 is 0.982. The molecule has 6 atom stereocenters. The van der Waals surface area contributed by atoms with Gasteiger partial charge in [0.15, 0.2) is 0 Å². The molecule has 2 bridgehead atoms. The van der Waals surface area contributed by atoms with E-state index in [0.29, 0.717) is 11.8 Å². The molecule has 0 spiro atoms. The minimum Gasteiger partial charge on any atom is -0.274 e. The van der Waals surface area contributed by atoms with Crippen molar-refractivity contribution in [1.29, 1.82) is 0 Å². The van der Waals surface area contributed by atoms with Crippen LogP contribution in [0.5, 0.6) is 0 Å². The second-order valence-corrected chi connectivity index (χ2v) is 8.47. The number of imide groups is 1. The lowest BCUT2D eigenvalue weighted by molar-refractivity contribution is -0.124. The van der Waals surface area contributed by atoms with Crippen LogP contribution in [0.15, 0.2) is 28.8 Å². The highest BCUT2D eigenvalue weighted by Crippen LogP contribution is 2.65. The molecule has 3 fully saturated rings. The summed E-state index contributed by atoms with van der Waals surface area (Å²) in [6.45, 7) is 3.94. The zero-order chi connectivity index (χ0) is 16.0. The van der Waals surface area contributed by atoms with E-state index in [0.717, 1.165) is 21.3 Å². The molecule has 4 aliphatic carbocycles. The Morgan fingerprint density at radius 2 is 1.43 bits per heavy atom. The first kappa shape index (κ1) is 14.0. The van der Waals surface area contributed by atoms with Gasteiger partial charge in [-0.1, -0.05) is 28.1 Å². The van der Waals surface area contributed by atoms with E-state index in [1.807, 2.05) is 26.0 Å².